The first-order valence-corrected chi connectivity index (χ1v) is 7.39. The summed E-state index contributed by atoms with van der Waals surface area (Å²) in [7, 11) is 0. The van der Waals surface area contributed by atoms with Crippen molar-refractivity contribution in [2.24, 2.45) is 0 Å². The Hall–Kier alpha value is -0.0600. The minimum atomic E-state index is -0.145. The van der Waals surface area contributed by atoms with E-state index in [1.54, 1.807) is 6.07 Å². The van der Waals surface area contributed by atoms with Crippen LogP contribution in [0.25, 0.3) is 0 Å². The molecule has 0 aromatic heterocycles. The molecule has 0 spiro atoms. The van der Waals surface area contributed by atoms with Crippen molar-refractivity contribution in [1.82, 2.24) is 5.32 Å². The Morgan fingerprint density at radius 1 is 1.50 bits per heavy atom. The van der Waals surface area contributed by atoms with Crippen LogP contribution in [0.4, 0.5) is 4.39 Å². The fourth-order valence-corrected chi connectivity index (χ4v) is 2.09. The zero-order valence-corrected chi connectivity index (χ0v) is 12.0. The van der Waals surface area contributed by atoms with E-state index >= 15 is 0 Å². The molecule has 0 saturated carbocycles. The minimum absolute atomic E-state index is 0.145. The molecule has 0 aliphatic rings. The Kier molecular flexibility index (Phi) is 6.39. The molecule has 1 rings (SSSR count). The van der Waals surface area contributed by atoms with E-state index in [0.29, 0.717) is 17.4 Å². The molecule has 0 heterocycles. The summed E-state index contributed by atoms with van der Waals surface area (Å²) < 4.78 is 14.3. The largest absolute Gasteiger partial charge is 0.313 e. The Morgan fingerprint density at radius 2 is 2.25 bits per heavy atom. The Morgan fingerprint density at radius 3 is 2.94 bits per heavy atom. The highest BCUT2D eigenvalue weighted by Gasteiger charge is 2.03. The van der Waals surface area contributed by atoms with Crippen molar-refractivity contribution in [1.29, 1.82) is 0 Å². The van der Waals surface area contributed by atoms with Gasteiger partial charge in [0.25, 0.3) is 0 Å². The highest BCUT2D eigenvalue weighted by molar-refractivity contribution is 9.10. The normalized spacial score (nSPS) is 12.8. The zero-order valence-electron chi connectivity index (χ0n) is 9.59. The molecule has 4 heteroatoms. The summed E-state index contributed by atoms with van der Waals surface area (Å²) in [6.07, 6.45) is 3.22. The maximum absolute atomic E-state index is 13.4. The molecular formula is C12H17BrFNS. The molecule has 0 saturated heterocycles. The van der Waals surface area contributed by atoms with Crippen LogP contribution < -0.4 is 5.32 Å². The number of hydrogen-bond donors (Lipinski definition) is 1. The van der Waals surface area contributed by atoms with Crippen molar-refractivity contribution in [3.8, 4) is 0 Å². The highest BCUT2D eigenvalue weighted by atomic mass is 79.9. The highest BCUT2D eigenvalue weighted by Crippen LogP contribution is 2.15. The molecule has 1 nitrogen and oxygen atoms in total. The molecule has 0 fully saturated rings. The predicted molar refractivity (Wildman–Crippen MR) is 73.4 cm³/mol. The lowest BCUT2D eigenvalue weighted by molar-refractivity contribution is 0.581. The zero-order chi connectivity index (χ0) is 12.0. The van der Waals surface area contributed by atoms with Gasteiger partial charge in [0, 0.05) is 21.8 Å². The van der Waals surface area contributed by atoms with Gasteiger partial charge in [-0.15, -0.1) is 0 Å². The Bertz CT molecular complexity index is 333. The van der Waals surface area contributed by atoms with Gasteiger partial charge in [0.1, 0.15) is 5.82 Å². The fraction of sp³-hybridized carbons (Fsp3) is 0.500. The van der Waals surface area contributed by atoms with E-state index in [9.17, 15) is 4.39 Å². The van der Waals surface area contributed by atoms with E-state index < -0.39 is 0 Å². The van der Waals surface area contributed by atoms with Gasteiger partial charge in [-0.2, -0.15) is 11.8 Å². The Balaban J connectivity index is 2.34. The van der Waals surface area contributed by atoms with E-state index in [1.165, 1.54) is 6.07 Å². The van der Waals surface area contributed by atoms with Crippen LogP contribution in [-0.4, -0.2) is 18.1 Å². The van der Waals surface area contributed by atoms with Gasteiger partial charge in [-0.25, -0.2) is 4.39 Å². The number of thioether (sulfide) groups is 1. The SMILES string of the molecule is CSC(C)CCNCc1cc(Br)ccc1F. The molecule has 1 atom stereocenters. The molecule has 0 aliphatic heterocycles. The molecule has 1 unspecified atom stereocenters. The second-order valence-corrected chi connectivity index (χ2v) is 5.94. The number of benzene rings is 1. The Labute approximate surface area is 109 Å². The van der Waals surface area contributed by atoms with E-state index in [-0.39, 0.29) is 5.82 Å². The molecule has 90 valence electrons. The first-order valence-electron chi connectivity index (χ1n) is 5.31. The van der Waals surface area contributed by atoms with Crippen LogP contribution in [0.2, 0.25) is 0 Å². The van der Waals surface area contributed by atoms with Gasteiger partial charge >= 0.3 is 0 Å². The second kappa shape index (κ2) is 7.30. The third-order valence-electron chi connectivity index (χ3n) is 2.45. The van der Waals surface area contributed by atoms with Crippen molar-refractivity contribution in [2.75, 3.05) is 12.8 Å². The van der Waals surface area contributed by atoms with Crippen LogP contribution in [0.15, 0.2) is 22.7 Å². The van der Waals surface area contributed by atoms with Crippen molar-refractivity contribution >= 4 is 27.7 Å². The molecule has 1 aromatic rings. The van der Waals surface area contributed by atoms with E-state index in [0.717, 1.165) is 17.4 Å². The van der Waals surface area contributed by atoms with Crippen molar-refractivity contribution in [3.63, 3.8) is 0 Å². The summed E-state index contributed by atoms with van der Waals surface area (Å²) in [5, 5.41) is 3.91. The molecule has 0 amide bonds. The summed E-state index contributed by atoms with van der Waals surface area (Å²) >= 11 is 5.20. The van der Waals surface area contributed by atoms with Gasteiger partial charge in [-0.3, -0.25) is 0 Å². The third-order valence-corrected chi connectivity index (χ3v) is 3.99. The van der Waals surface area contributed by atoms with Gasteiger partial charge < -0.3 is 5.32 Å². The van der Waals surface area contributed by atoms with Gasteiger partial charge in [-0.1, -0.05) is 22.9 Å². The lowest BCUT2D eigenvalue weighted by atomic mass is 10.2. The molecular weight excluding hydrogens is 289 g/mol. The third kappa shape index (κ3) is 4.85. The first-order chi connectivity index (χ1) is 7.63. The minimum Gasteiger partial charge on any atom is -0.313 e. The number of hydrogen-bond acceptors (Lipinski definition) is 2. The average Bonchev–Trinajstić information content (AvgIpc) is 2.28. The van der Waals surface area contributed by atoms with Gasteiger partial charge in [0.2, 0.25) is 0 Å². The van der Waals surface area contributed by atoms with Gasteiger partial charge in [0.15, 0.2) is 0 Å². The summed E-state index contributed by atoms with van der Waals surface area (Å²) in [6.45, 7) is 3.71. The quantitative estimate of drug-likeness (QED) is 0.802. The van der Waals surface area contributed by atoms with Crippen LogP contribution in [0, 0.1) is 5.82 Å². The number of rotatable bonds is 6. The predicted octanol–water partition coefficient (Wildman–Crippen LogP) is 3.82. The lowest BCUT2D eigenvalue weighted by Gasteiger charge is -2.09. The van der Waals surface area contributed by atoms with Gasteiger partial charge in [0.05, 0.1) is 0 Å². The maximum Gasteiger partial charge on any atom is 0.127 e. The van der Waals surface area contributed by atoms with Crippen molar-refractivity contribution < 1.29 is 4.39 Å². The van der Waals surface area contributed by atoms with E-state index in [2.05, 4.69) is 34.4 Å². The van der Waals surface area contributed by atoms with Crippen LogP contribution in [0.5, 0.6) is 0 Å². The molecule has 16 heavy (non-hydrogen) atoms. The summed E-state index contributed by atoms with van der Waals surface area (Å²) in [5.41, 5.74) is 0.714. The smallest absolute Gasteiger partial charge is 0.127 e. The van der Waals surface area contributed by atoms with E-state index in [1.807, 2.05) is 17.8 Å². The van der Waals surface area contributed by atoms with Crippen LogP contribution in [0.3, 0.4) is 0 Å². The lowest BCUT2D eigenvalue weighted by Crippen LogP contribution is -2.18. The summed E-state index contributed by atoms with van der Waals surface area (Å²) in [4.78, 5) is 0. The summed E-state index contributed by atoms with van der Waals surface area (Å²) in [5.74, 6) is -0.145. The molecule has 0 radical (unpaired) electrons. The summed E-state index contributed by atoms with van der Waals surface area (Å²) in [6, 6.07) is 5.03. The molecule has 1 N–H and O–H groups in total. The van der Waals surface area contributed by atoms with Crippen LogP contribution in [-0.2, 0) is 6.54 Å². The first kappa shape index (κ1) is 14.0. The second-order valence-electron chi connectivity index (χ2n) is 3.75. The van der Waals surface area contributed by atoms with E-state index in [4.69, 9.17) is 0 Å². The molecule has 0 bridgehead atoms. The number of nitrogens with one attached hydrogen (secondary N) is 1. The molecule has 0 aliphatic carbocycles. The standard InChI is InChI=1S/C12H17BrFNS/c1-9(16-2)5-6-15-8-10-7-11(13)3-4-12(10)14/h3-4,7,9,15H,5-6,8H2,1-2H3. The maximum atomic E-state index is 13.4. The topological polar surface area (TPSA) is 12.0 Å². The number of halogens is 2. The molecule has 1 aromatic carbocycles. The average molecular weight is 306 g/mol. The monoisotopic (exact) mass is 305 g/mol. The van der Waals surface area contributed by atoms with Crippen molar-refractivity contribution in [2.45, 2.75) is 25.1 Å². The van der Waals surface area contributed by atoms with Crippen molar-refractivity contribution in [3.05, 3.63) is 34.1 Å². The van der Waals surface area contributed by atoms with Crippen LogP contribution >= 0.6 is 27.7 Å². The fourth-order valence-electron chi connectivity index (χ4n) is 1.33. The van der Waals surface area contributed by atoms with Crippen LogP contribution in [0.1, 0.15) is 18.9 Å². The van der Waals surface area contributed by atoms with Gasteiger partial charge in [-0.05, 0) is 37.4 Å².